The molecule has 386 valence electrons. The number of thioether (sulfide) groups is 4. The van der Waals surface area contributed by atoms with Gasteiger partial charge in [0.05, 0.1) is 32.8 Å². The standard InChI is InChI=1S/C63H61N5O4S4/c1-7-65(42(5)69)50-22-11-17-28-58(50)75-62-44(30-32-46(62)36-40-60-67(9-3)52-24-13-15-26-56(52)73-60)34-38-54(71)48-20-19-21-49(64-48)55(72)39-35-45-31-33-47(37-41-61-68(10-4)53-25-14-16-27-57(53)74-61)63(45)76-59-29-18-12-23-51(59)66(8-2)43(6)70/h11-29,34-41H,7-10,30-33H2,1-6H3/b38-34+,39-35+,46-36+,47-37+,60-40-,61-41-. The molecule has 0 bridgehead atoms. The van der Waals surface area contributed by atoms with Crippen molar-refractivity contribution in [3.05, 3.63) is 217 Å². The molecule has 1 aromatic heterocycles. The quantitative estimate of drug-likeness (QED) is 0.0620. The molecule has 4 aromatic carbocycles. The van der Waals surface area contributed by atoms with Gasteiger partial charge in [0.15, 0.2) is 0 Å². The summed E-state index contributed by atoms with van der Waals surface area (Å²) in [4.78, 5) is 73.0. The first-order chi connectivity index (χ1) is 37.0. The van der Waals surface area contributed by atoms with Crippen molar-refractivity contribution >= 4 is 93.2 Å². The van der Waals surface area contributed by atoms with E-state index in [1.165, 1.54) is 21.2 Å². The van der Waals surface area contributed by atoms with Gasteiger partial charge in [0, 0.05) is 69.4 Å². The fraction of sp³-hybridized carbons (Fsp3) is 0.222. The Labute approximate surface area is 464 Å². The number of ketones is 2. The van der Waals surface area contributed by atoms with Crippen molar-refractivity contribution in [2.24, 2.45) is 0 Å². The molecular weight excluding hydrogens is 1020 g/mol. The number of carbonyl (C=O) groups is 4. The topological polar surface area (TPSA) is 94.1 Å². The predicted molar refractivity (Wildman–Crippen MR) is 319 cm³/mol. The van der Waals surface area contributed by atoms with Crippen molar-refractivity contribution in [3.63, 3.8) is 0 Å². The summed E-state index contributed by atoms with van der Waals surface area (Å²) in [6.45, 7) is 14.2. The van der Waals surface area contributed by atoms with Crippen LogP contribution in [0.4, 0.5) is 22.7 Å². The number of carbonyl (C=O) groups excluding carboxylic acids is 4. The number of benzene rings is 4. The molecule has 9 nitrogen and oxygen atoms in total. The van der Waals surface area contributed by atoms with Crippen molar-refractivity contribution in [2.45, 2.75) is 86.8 Å². The van der Waals surface area contributed by atoms with E-state index in [0.717, 1.165) is 102 Å². The van der Waals surface area contributed by atoms with Crippen LogP contribution in [0.3, 0.4) is 0 Å². The Bertz CT molecular complexity index is 3150. The number of pyridine rings is 1. The maximum Gasteiger partial charge on any atom is 0.223 e. The van der Waals surface area contributed by atoms with Gasteiger partial charge in [-0.15, -0.1) is 0 Å². The number of hydrogen-bond donors (Lipinski definition) is 0. The Morgan fingerprint density at radius 1 is 0.526 bits per heavy atom. The van der Waals surface area contributed by atoms with Gasteiger partial charge in [-0.25, -0.2) is 4.98 Å². The van der Waals surface area contributed by atoms with E-state index in [0.29, 0.717) is 13.1 Å². The minimum Gasteiger partial charge on any atom is -0.335 e. The first-order valence-electron chi connectivity index (χ1n) is 25.9. The first-order valence-corrected chi connectivity index (χ1v) is 29.2. The van der Waals surface area contributed by atoms with Crippen molar-refractivity contribution in [1.82, 2.24) is 4.98 Å². The molecule has 13 heteroatoms. The number of hydrogen-bond acceptors (Lipinski definition) is 11. The van der Waals surface area contributed by atoms with Crippen molar-refractivity contribution in [1.29, 1.82) is 0 Å². The summed E-state index contributed by atoms with van der Waals surface area (Å²) in [5.41, 5.74) is 8.79. The summed E-state index contributed by atoms with van der Waals surface area (Å²) < 4.78 is 0. The number of rotatable bonds is 18. The Morgan fingerprint density at radius 2 is 0.934 bits per heavy atom. The lowest BCUT2D eigenvalue weighted by molar-refractivity contribution is -0.117. The van der Waals surface area contributed by atoms with Crippen LogP contribution < -0.4 is 19.6 Å². The molecule has 5 aromatic rings. The molecule has 0 atom stereocenters. The van der Waals surface area contributed by atoms with Crippen LogP contribution in [0.2, 0.25) is 0 Å². The minimum atomic E-state index is -0.306. The van der Waals surface area contributed by atoms with E-state index in [4.69, 9.17) is 0 Å². The summed E-state index contributed by atoms with van der Waals surface area (Å²) in [5, 5.41) is 2.31. The summed E-state index contributed by atoms with van der Waals surface area (Å²) >= 11 is 6.77. The van der Waals surface area contributed by atoms with Crippen molar-refractivity contribution < 1.29 is 19.2 Å². The number of amides is 2. The Hall–Kier alpha value is -6.77. The van der Waals surface area contributed by atoms with Gasteiger partial charge in [-0.1, -0.05) is 126 Å². The minimum absolute atomic E-state index is 0.0285. The third kappa shape index (κ3) is 11.9. The predicted octanol–water partition coefficient (Wildman–Crippen LogP) is 15.8. The third-order valence-electron chi connectivity index (χ3n) is 13.5. The molecule has 76 heavy (non-hydrogen) atoms. The molecule has 0 N–H and O–H groups in total. The number of allylic oxidation sites excluding steroid dienone is 12. The lowest BCUT2D eigenvalue weighted by Crippen LogP contribution is -2.28. The van der Waals surface area contributed by atoms with E-state index in [-0.39, 0.29) is 34.8 Å². The van der Waals surface area contributed by atoms with Gasteiger partial charge in [0.25, 0.3) is 0 Å². The summed E-state index contributed by atoms with van der Waals surface area (Å²) in [5.74, 6) is -0.669. The SMILES string of the molecule is CCN(C(C)=O)c1ccccc1SC1=C(/C=C/C(=O)c2cccc(C(=O)/C=C/C3=C(Sc4ccccc4N(CC)C(C)=O)C(=C/C=C4\Sc5ccccc5N4CC)/CC3)n2)CC/C1=C\C=C1/Sc2ccccc2N1CC. The molecule has 0 unspecified atom stereocenters. The van der Waals surface area contributed by atoms with E-state index in [1.54, 1.807) is 101 Å². The van der Waals surface area contributed by atoms with Crippen LogP contribution in [-0.4, -0.2) is 54.5 Å². The van der Waals surface area contributed by atoms with Crippen LogP contribution in [0.1, 0.15) is 88.2 Å². The molecule has 0 saturated carbocycles. The first kappa shape index (κ1) is 54.0. The summed E-state index contributed by atoms with van der Waals surface area (Å²) in [6, 6.07) is 37.9. The number of aromatic nitrogens is 1. The zero-order valence-electron chi connectivity index (χ0n) is 43.7. The average molecular weight is 1080 g/mol. The zero-order valence-corrected chi connectivity index (χ0v) is 47.0. The van der Waals surface area contributed by atoms with Crippen molar-refractivity contribution in [3.8, 4) is 0 Å². The number of nitrogens with zero attached hydrogens (tertiary/aromatic N) is 5. The molecular formula is C63H61N5O4S4. The molecule has 0 radical (unpaired) electrons. The van der Waals surface area contributed by atoms with Gasteiger partial charge < -0.3 is 19.6 Å². The van der Waals surface area contributed by atoms with Crippen LogP contribution in [0.15, 0.2) is 226 Å². The van der Waals surface area contributed by atoms with Gasteiger partial charge in [0.2, 0.25) is 23.4 Å². The summed E-state index contributed by atoms with van der Waals surface area (Å²) in [7, 11) is 0. The number of anilines is 4. The Balaban J connectivity index is 0.996. The van der Waals surface area contributed by atoms with Gasteiger partial charge in [0.1, 0.15) is 11.4 Å². The molecule has 9 rings (SSSR count). The number of fused-ring (bicyclic) bond motifs is 2. The fourth-order valence-corrected chi connectivity index (χ4v) is 14.5. The second-order valence-electron chi connectivity index (χ2n) is 18.2. The van der Waals surface area contributed by atoms with Crippen LogP contribution in [0, 0.1) is 0 Å². The average Bonchev–Trinajstić information content (AvgIpc) is 4.21. The fourth-order valence-electron chi connectivity index (χ4n) is 9.76. The molecule has 0 fully saturated rings. The van der Waals surface area contributed by atoms with Crippen LogP contribution >= 0.6 is 47.0 Å². The lowest BCUT2D eigenvalue weighted by Gasteiger charge is -2.22. The van der Waals surface area contributed by atoms with Crippen molar-refractivity contribution in [2.75, 3.05) is 45.8 Å². The van der Waals surface area contributed by atoms with Gasteiger partial charge >= 0.3 is 0 Å². The molecule has 3 heterocycles. The monoisotopic (exact) mass is 1080 g/mol. The second kappa shape index (κ2) is 24.9. The van der Waals surface area contributed by atoms with Gasteiger partial charge in [-0.3, -0.25) is 19.2 Å². The molecule has 4 aliphatic rings. The molecule has 2 aliphatic heterocycles. The normalized spacial score (nSPS) is 17.4. The van der Waals surface area contributed by atoms with E-state index < -0.39 is 0 Å². The smallest absolute Gasteiger partial charge is 0.223 e. The largest absolute Gasteiger partial charge is 0.335 e. The maximum atomic E-state index is 14.0. The van der Waals surface area contributed by atoms with Gasteiger partial charge in [-0.2, -0.15) is 0 Å². The van der Waals surface area contributed by atoms with E-state index in [1.807, 2.05) is 74.5 Å². The maximum absolute atomic E-state index is 14.0. The molecule has 0 spiro atoms. The highest BCUT2D eigenvalue weighted by Crippen LogP contribution is 2.50. The molecule has 2 aliphatic carbocycles. The second-order valence-corrected chi connectivity index (χ2v) is 22.4. The Morgan fingerprint density at radius 3 is 1.34 bits per heavy atom. The molecule has 2 amide bonds. The third-order valence-corrected chi connectivity index (χ3v) is 18.4. The lowest BCUT2D eigenvalue weighted by atomic mass is 10.1. The molecule has 0 saturated heterocycles. The number of para-hydroxylation sites is 4. The summed E-state index contributed by atoms with van der Waals surface area (Å²) in [6.07, 6.45) is 18.7. The zero-order chi connectivity index (χ0) is 53.3. The van der Waals surface area contributed by atoms with Gasteiger partial charge in [-0.05, 0) is 161 Å². The van der Waals surface area contributed by atoms with Crippen LogP contribution in [0.25, 0.3) is 0 Å². The van der Waals surface area contributed by atoms with Crippen LogP contribution in [-0.2, 0) is 9.59 Å². The highest BCUT2D eigenvalue weighted by Gasteiger charge is 2.28. The van der Waals surface area contributed by atoms with Crippen LogP contribution in [0.5, 0.6) is 0 Å². The Kier molecular flexibility index (Phi) is 17.7. The van der Waals surface area contributed by atoms with E-state index in [2.05, 4.69) is 101 Å². The highest BCUT2D eigenvalue weighted by atomic mass is 32.2. The van der Waals surface area contributed by atoms with E-state index >= 15 is 0 Å². The van der Waals surface area contributed by atoms with E-state index in [9.17, 15) is 19.2 Å². The highest BCUT2D eigenvalue weighted by molar-refractivity contribution is 8.04.